The van der Waals surface area contributed by atoms with Crippen molar-refractivity contribution in [1.82, 2.24) is 15.0 Å². The average Bonchev–Trinajstić information content (AvgIpc) is 3.34. The number of fused-ring (bicyclic) bond motifs is 3. The number of rotatable bonds is 4. The van der Waals surface area contributed by atoms with Crippen LogP contribution in [0.4, 0.5) is 35.0 Å². The number of hydrogen-bond donors (Lipinski definition) is 2. The number of halogens is 4. The fraction of sp³-hybridized carbons (Fsp3) is 0.174. The molecule has 1 amide bonds. The largest absolute Gasteiger partial charge is 0.416 e. The fourth-order valence-electron chi connectivity index (χ4n) is 3.86. The van der Waals surface area contributed by atoms with Crippen LogP contribution in [0, 0.1) is 5.82 Å². The van der Waals surface area contributed by atoms with E-state index in [2.05, 4.69) is 30.6 Å². The maximum absolute atomic E-state index is 14.9. The van der Waals surface area contributed by atoms with Gasteiger partial charge in [-0.1, -0.05) is 0 Å². The van der Waals surface area contributed by atoms with E-state index in [4.69, 9.17) is 0 Å². The van der Waals surface area contributed by atoms with Gasteiger partial charge in [0.05, 0.1) is 12.1 Å². The lowest BCUT2D eigenvalue weighted by Gasteiger charge is -2.27. The van der Waals surface area contributed by atoms with Crippen LogP contribution in [-0.2, 0) is 6.18 Å². The van der Waals surface area contributed by atoms with Crippen LogP contribution in [0.25, 0.3) is 11.6 Å². The van der Waals surface area contributed by atoms with Crippen molar-refractivity contribution in [2.75, 3.05) is 35.7 Å². The summed E-state index contributed by atoms with van der Waals surface area (Å²) in [4.78, 5) is 31.4. The molecule has 2 N–H and O–H groups in total. The monoisotopic (exact) mass is 483 g/mol. The van der Waals surface area contributed by atoms with Crippen molar-refractivity contribution in [2.45, 2.75) is 6.18 Å². The zero-order valence-corrected chi connectivity index (χ0v) is 18.2. The molecule has 4 heterocycles. The molecule has 0 atom stereocenters. The van der Waals surface area contributed by atoms with Crippen molar-refractivity contribution in [3.8, 4) is 0 Å². The predicted molar refractivity (Wildman–Crippen MR) is 123 cm³/mol. The molecule has 2 aromatic heterocycles. The van der Waals surface area contributed by atoms with E-state index in [1.54, 1.807) is 19.3 Å². The summed E-state index contributed by atoms with van der Waals surface area (Å²) >= 11 is 0. The van der Waals surface area contributed by atoms with E-state index in [9.17, 15) is 22.4 Å². The third-order valence-corrected chi connectivity index (χ3v) is 5.49. The first-order chi connectivity index (χ1) is 16.7. The molecular formula is C23H17F4N7O. The normalized spacial score (nSPS) is 14.6. The zero-order chi connectivity index (χ0) is 24.7. The lowest BCUT2D eigenvalue weighted by atomic mass is 9.97. The van der Waals surface area contributed by atoms with Gasteiger partial charge < -0.3 is 15.5 Å². The van der Waals surface area contributed by atoms with Crippen LogP contribution in [0.15, 0.2) is 47.7 Å². The van der Waals surface area contributed by atoms with Gasteiger partial charge in [0.15, 0.2) is 0 Å². The Morgan fingerprint density at radius 2 is 1.97 bits per heavy atom. The van der Waals surface area contributed by atoms with Crippen LogP contribution >= 0.6 is 0 Å². The van der Waals surface area contributed by atoms with Crippen molar-refractivity contribution in [2.24, 2.45) is 4.99 Å². The topological polar surface area (TPSA) is 95.4 Å². The van der Waals surface area contributed by atoms with E-state index in [1.165, 1.54) is 18.2 Å². The summed E-state index contributed by atoms with van der Waals surface area (Å²) < 4.78 is 53.9. The van der Waals surface area contributed by atoms with E-state index in [1.807, 2.05) is 4.90 Å². The Kier molecular flexibility index (Phi) is 5.42. The second kappa shape index (κ2) is 8.46. The summed E-state index contributed by atoms with van der Waals surface area (Å²) in [7, 11) is 1.70. The fourth-order valence-corrected chi connectivity index (χ4v) is 3.86. The van der Waals surface area contributed by atoms with Crippen molar-refractivity contribution < 1.29 is 22.4 Å². The third kappa shape index (κ3) is 4.18. The number of benzene rings is 1. The summed E-state index contributed by atoms with van der Waals surface area (Å²) in [5.41, 5.74) is 0.0771. The number of aliphatic imine (C=N–C) groups is 1. The number of carbonyl (C=O) groups is 1. The molecule has 1 aromatic carbocycles. The minimum atomic E-state index is -4.61. The van der Waals surface area contributed by atoms with Gasteiger partial charge in [-0.25, -0.2) is 9.37 Å². The van der Waals surface area contributed by atoms with Gasteiger partial charge in [0.1, 0.15) is 23.2 Å². The van der Waals surface area contributed by atoms with Gasteiger partial charge in [-0.05, 0) is 36.4 Å². The number of hydrogen-bond acceptors (Lipinski definition) is 7. The van der Waals surface area contributed by atoms with Crippen LogP contribution < -0.4 is 15.5 Å². The first kappa shape index (κ1) is 22.4. The predicted octanol–water partition coefficient (Wildman–Crippen LogP) is 4.10. The second-order valence-corrected chi connectivity index (χ2v) is 7.71. The number of amides is 1. The molecular weight excluding hydrogens is 466 g/mol. The van der Waals surface area contributed by atoms with Crippen LogP contribution in [0.1, 0.15) is 27.2 Å². The standard InChI is InChI=1S/C23H17F4N7O/c1-28-22-31-11-12-8-16(20-30-6-7-34(20)19(12)33-22)15-10-14(2-3-17(15)24)32-21(35)18-9-13(4-5-29-18)23(25,26)27/h2-5,8-11H,6-7H2,1H3,(H,32,35)(H,28,31,33). The first-order valence-electron chi connectivity index (χ1n) is 10.5. The molecule has 0 fully saturated rings. The molecule has 8 nitrogen and oxygen atoms in total. The molecule has 0 saturated heterocycles. The lowest BCUT2D eigenvalue weighted by molar-refractivity contribution is -0.137. The highest BCUT2D eigenvalue weighted by atomic mass is 19.4. The second-order valence-electron chi connectivity index (χ2n) is 7.71. The molecule has 2 aliphatic heterocycles. The van der Waals surface area contributed by atoms with Crippen LogP contribution in [0.3, 0.4) is 0 Å². The Morgan fingerprint density at radius 3 is 2.74 bits per heavy atom. The van der Waals surface area contributed by atoms with Gasteiger partial charge in [0.25, 0.3) is 5.91 Å². The Morgan fingerprint density at radius 1 is 1.14 bits per heavy atom. The van der Waals surface area contributed by atoms with Gasteiger partial charge in [-0.2, -0.15) is 18.2 Å². The summed E-state index contributed by atoms with van der Waals surface area (Å²) in [5, 5.41) is 5.37. The number of pyridine rings is 1. The van der Waals surface area contributed by atoms with E-state index < -0.39 is 29.2 Å². The van der Waals surface area contributed by atoms with Crippen molar-refractivity contribution >= 4 is 40.8 Å². The van der Waals surface area contributed by atoms with E-state index >= 15 is 0 Å². The van der Waals surface area contributed by atoms with Gasteiger partial charge in [-0.3, -0.25) is 14.8 Å². The van der Waals surface area contributed by atoms with Crippen molar-refractivity contribution in [3.63, 3.8) is 0 Å². The highest BCUT2D eigenvalue weighted by Crippen LogP contribution is 2.37. The minimum absolute atomic E-state index is 0.161. The molecule has 0 aliphatic carbocycles. The highest BCUT2D eigenvalue weighted by molar-refractivity contribution is 6.35. The number of nitrogens with one attached hydrogen (secondary N) is 2. The Hall–Kier alpha value is -4.35. The number of amidine groups is 1. The molecule has 0 spiro atoms. The summed E-state index contributed by atoms with van der Waals surface area (Å²) in [5.74, 6) is 0.192. The highest BCUT2D eigenvalue weighted by Gasteiger charge is 2.33. The molecule has 12 heteroatoms. The third-order valence-electron chi connectivity index (χ3n) is 5.49. The molecule has 0 bridgehead atoms. The van der Waals surface area contributed by atoms with Gasteiger partial charge in [0.2, 0.25) is 5.95 Å². The van der Waals surface area contributed by atoms with Crippen molar-refractivity contribution in [3.05, 3.63) is 70.9 Å². The maximum Gasteiger partial charge on any atom is 0.416 e. The van der Waals surface area contributed by atoms with E-state index in [0.29, 0.717) is 47.9 Å². The SMILES string of the molecule is CNc1ncc2c(n1)N1CCN=C1C(c1cc(NC(=O)c3cc(C(F)(F)F)ccn3)ccc1F)=C2. The zero-order valence-electron chi connectivity index (χ0n) is 18.2. The minimum Gasteiger partial charge on any atom is -0.357 e. The Labute approximate surface area is 196 Å². The Bertz CT molecular complexity index is 1400. The molecule has 3 aromatic rings. The molecule has 178 valence electrons. The summed E-state index contributed by atoms with van der Waals surface area (Å²) in [6, 6.07) is 5.32. The molecule has 2 aliphatic rings. The van der Waals surface area contributed by atoms with Gasteiger partial charge in [-0.15, -0.1) is 0 Å². The summed E-state index contributed by atoms with van der Waals surface area (Å²) in [6.07, 6.45) is -0.372. The molecule has 35 heavy (non-hydrogen) atoms. The number of aromatic nitrogens is 3. The number of carbonyl (C=O) groups excluding carboxylic acids is 1. The van der Waals surface area contributed by atoms with E-state index in [-0.39, 0.29) is 11.3 Å². The maximum atomic E-state index is 14.9. The van der Waals surface area contributed by atoms with Crippen LogP contribution in [-0.4, -0.2) is 46.8 Å². The quantitative estimate of drug-likeness (QED) is 0.543. The molecule has 0 unspecified atom stereocenters. The van der Waals surface area contributed by atoms with Crippen LogP contribution in [0.2, 0.25) is 0 Å². The molecule has 0 radical (unpaired) electrons. The smallest absolute Gasteiger partial charge is 0.357 e. The number of nitrogens with zero attached hydrogens (tertiary/aromatic N) is 5. The van der Waals surface area contributed by atoms with Crippen molar-refractivity contribution in [1.29, 1.82) is 0 Å². The number of anilines is 3. The summed E-state index contributed by atoms with van der Waals surface area (Å²) in [6.45, 7) is 1.05. The first-order valence-corrected chi connectivity index (χ1v) is 10.5. The average molecular weight is 483 g/mol. The van der Waals surface area contributed by atoms with Gasteiger partial charge >= 0.3 is 6.18 Å². The Balaban J connectivity index is 1.49. The lowest BCUT2D eigenvalue weighted by Crippen LogP contribution is -2.32. The molecule has 5 rings (SSSR count). The molecule has 0 saturated carbocycles. The van der Waals surface area contributed by atoms with Crippen LogP contribution in [0.5, 0.6) is 0 Å². The number of alkyl halides is 3. The van der Waals surface area contributed by atoms with Gasteiger partial charge in [0, 0.05) is 48.4 Å². The van der Waals surface area contributed by atoms with E-state index in [0.717, 1.165) is 12.3 Å².